The number of aromatic nitrogens is 3. The predicted octanol–water partition coefficient (Wildman–Crippen LogP) is 5.31. The van der Waals surface area contributed by atoms with Crippen LogP contribution in [0, 0.1) is 6.92 Å². The normalized spacial score (nSPS) is 10.9. The number of anilines is 1. The minimum absolute atomic E-state index is 0.630. The number of nitrogens with zero attached hydrogens (tertiary/aromatic N) is 3. The van der Waals surface area contributed by atoms with Gasteiger partial charge in [0.15, 0.2) is 0 Å². The van der Waals surface area contributed by atoms with Gasteiger partial charge in [0.1, 0.15) is 0 Å². The van der Waals surface area contributed by atoms with E-state index in [0.29, 0.717) is 5.95 Å². The molecule has 4 aromatic rings. The highest BCUT2D eigenvalue weighted by Gasteiger charge is 2.07. The van der Waals surface area contributed by atoms with Crippen molar-refractivity contribution < 1.29 is 0 Å². The fourth-order valence-corrected chi connectivity index (χ4v) is 3.23. The van der Waals surface area contributed by atoms with Gasteiger partial charge in [-0.15, -0.1) is 0 Å². The van der Waals surface area contributed by atoms with E-state index < -0.39 is 0 Å². The molecule has 0 aliphatic heterocycles. The van der Waals surface area contributed by atoms with Gasteiger partial charge in [0.2, 0.25) is 5.95 Å². The largest absolute Gasteiger partial charge is 0.354 e. The topological polar surface area (TPSA) is 50.7 Å². The van der Waals surface area contributed by atoms with Crippen molar-refractivity contribution in [1.29, 1.82) is 0 Å². The predicted molar refractivity (Wildman–Crippen MR) is 111 cm³/mol. The quantitative estimate of drug-likeness (QED) is 0.514. The zero-order valence-corrected chi connectivity index (χ0v) is 15.7. The van der Waals surface area contributed by atoms with Crippen LogP contribution in [0.4, 0.5) is 5.95 Å². The first kappa shape index (κ1) is 17.4. The SMILES string of the molecule is Cc1c(Cl)cccc1-c1ccc2nc(NCCc3ccccn3)ncc2c1. The van der Waals surface area contributed by atoms with Crippen LogP contribution in [0.3, 0.4) is 0 Å². The van der Waals surface area contributed by atoms with Crippen molar-refractivity contribution in [2.75, 3.05) is 11.9 Å². The zero-order valence-electron chi connectivity index (χ0n) is 15.0. The Morgan fingerprint density at radius 1 is 1.00 bits per heavy atom. The molecule has 0 spiro atoms. The van der Waals surface area contributed by atoms with Crippen molar-refractivity contribution >= 4 is 28.5 Å². The van der Waals surface area contributed by atoms with Crippen LogP contribution in [0.25, 0.3) is 22.0 Å². The second kappa shape index (κ2) is 7.72. The summed E-state index contributed by atoms with van der Waals surface area (Å²) in [7, 11) is 0. The molecule has 0 saturated heterocycles. The van der Waals surface area contributed by atoms with E-state index in [0.717, 1.165) is 51.3 Å². The molecule has 0 aliphatic carbocycles. The van der Waals surface area contributed by atoms with E-state index in [1.54, 1.807) is 6.20 Å². The molecule has 0 unspecified atom stereocenters. The lowest BCUT2D eigenvalue weighted by molar-refractivity contribution is 0.945. The van der Waals surface area contributed by atoms with Crippen LogP contribution in [0.15, 0.2) is 67.0 Å². The highest BCUT2D eigenvalue weighted by atomic mass is 35.5. The van der Waals surface area contributed by atoms with Gasteiger partial charge in [-0.3, -0.25) is 4.98 Å². The van der Waals surface area contributed by atoms with Gasteiger partial charge in [-0.05, 0) is 53.9 Å². The van der Waals surface area contributed by atoms with Crippen LogP contribution < -0.4 is 5.32 Å². The molecule has 5 heteroatoms. The van der Waals surface area contributed by atoms with E-state index in [1.165, 1.54) is 0 Å². The van der Waals surface area contributed by atoms with Crippen LogP contribution in [0.1, 0.15) is 11.3 Å². The van der Waals surface area contributed by atoms with Crippen molar-refractivity contribution in [2.24, 2.45) is 0 Å². The van der Waals surface area contributed by atoms with Gasteiger partial charge in [0.25, 0.3) is 0 Å². The Hall–Kier alpha value is -2.98. The molecule has 0 saturated carbocycles. The Bertz CT molecular complexity index is 1080. The Kier molecular flexibility index (Phi) is 4.99. The van der Waals surface area contributed by atoms with E-state index in [-0.39, 0.29) is 0 Å². The zero-order chi connectivity index (χ0) is 18.6. The third-order valence-corrected chi connectivity index (χ3v) is 4.96. The van der Waals surface area contributed by atoms with E-state index in [9.17, 15) is 0 Å². The molecule has 134 valence electrons. The first-order chi connectivity index (χ1) is 13.2. The maximum atomic E-state index is 6.26. The summed E-state index contributed by atoms with van der Waals surface area (Å²) in [5.74, 6) is 0.630. The molecular weight excluding hydrogens is 356 g/mol. The minimum atomic E-state index is 0.630. The van der Waals surface area contributed by atoms with Crippen molar-refractivity contribution in [3.05, 3.63) is 83.3 Å². The maximum Gasteiger partial charge on any atom is 0.223 e. The number of benzene rings is 2. The summed E-state index contributed by atoms with van der Waals surface area (Å²) in [5, 5.41) is 5.04. The Balaban J connectivity index is 1.53. The molecule has 0 amide bonds. The molecule has 2 aromatic heterocycles. The van der Waals surface area contributed by atoms with Crippen LogP contribution >= 0.6 is 11.6 Å². The van der Waals surface area contributed by atoms with Crippen molar-refractivity contribution in [1.82, 2.24) is 15.0 Å². The third-order valence-electron chi connectivity index (χ3n) is 4.55. The Morgan fingerprint density at radius 2 is 1.93 bits per heavy atom. The van der Waals surface area contributed by atoms with Crippen LogP contribution in [-0.4, -0.2) is 21.5 Å². The first-order valence-corrected chi connectivity index (χ1v) is 9.24. The molecule has 0 aliphatic rings. The summed E-state index contributed by atoms with van der Waals surface area (Å²) in [6, 6.07) is 18.1. The van der Waals surface area contributed by atoms with Gasteiger partial charge in [-0.2, -0.15) is 0 Å². The highest BCUT2D eigenvalue weighted by molar-refractivity contribution is 6.31. The minimum Gasteiger partial charge on any atom is -0.354 e. The number of hydrogen-bond acceptors (Lipinski definition) is 4. The molecule has 0 bridgehead atoms. The molecule has 27 heavy (non-hydrogen) atoms. The van der Waals surface area contributed by atoms with Crippen molar-refractivity contribution in [2.45, 2.75) is 13.3 Å². The summed E-state index contributed by atoms with van der Waals surface area (Å²) in [5.41, 5.74) is 5.28. The van der Waals surface area contributed by atoms with Crippen LogP contribution in [0.5, 0.6) is 0 Å². The van der Waals surface area contributed by atoms with Crippen LogP contribution in [-0.2, 0) is 6.42 Å². The molecule has 0 fully saturated rings. The molecule has 4 nitrogen and oxygen atoms in total. The first-order valence-electron chi connectivity index (χ1n) is 8.87. The lowest BCUT2D eigenvalue weighted by atomic mass is 9.99. The molecular formula is C22H19ClN4. The van der Waals surface area contributed by atoms with Gasteiger partial charge >= 0.3 is 0 Å². The fraction of sp³-hybridized carbons (Fsp3) is 0.136. The number of fused-ring (bicyclic) bond motifs is 1. The fourth-order valence-electron chi connectivity index (χ4n) is 3.05. The Labute approximate surface area is 163 Å². The molecule has 0 radical (unpaired) electrons. The van der Waals surface area contributed by atoms with Crippen molar-refractivity contribution in [3.8, 4) is 11.1 Å². The number of halogens is 1. The summed E-state index contributed by atoms with van der Waals surface area (Å²) in [4.78, 5) is 13.4. The van der Waals surface area contributed by atoms with E-state index in [4.69, 9.17) is 11.6 Å². The molecule has 2 heterocycles. The number of rotatable bonds is 5. The summed E-state index contributed by atoms with van der Waals surface area (Å²) in [6.07, 6.45) is 4.49. The van der Waals surface area contributed by atoms with Gasteiger partial charge in [-0.1, -0.05) is 35.9 Å². The van der Waals surface area contributed by atoms with Gasteiger partial charge < -0.3 is 5.32 Å². The van der Waals surface area contributed by atoms with E-state index >= 15 is 0 Å². The highest BCUT2D eigenvalue weighted by Crippen LogP contribution is 2.30. The smallest absolute Gasteiger partial charge is 0.223 e. The number of hydrogen-bond donors (Lipinski definition) is 1. The monoisotopic (exact) mass is 374 g/mol. The maximum absolute atomic E-state index is 6.26. The summed E-state index contributed by atoms with van der Waals surface area (Å²) >= 11 is 6.26. The lowest BCUT2D eigenvalue weighted by Crippen LogP contribution is -2.08. The number of nitrogens with one attached hydrogen (secondary N) is 1. The second-order valence-electron chi connectivity index (χ2n) is 6.38. The molecule has 4 rings (SSSR count). The van der Waals surface area contributed by atoms with E-state index in [2.05, 4.69) is 38.5 Å². The third kappa shape index (κ3) is 3.91. The van der Waals surface area contributed by atoms with Crippen LogP contribution in [0.2, 0.25) is 5.02 Å². The van der Waals surface area contributed by atoms with Gasteiger partial charge in [0.05, 0.1) is 5.52 Å². The Morgan fingerprint density at radius 3 is 2.78 bits per heavy atom. The lowest BCUT2D eigenvalue weighted by Gasteiger charge is -2.09. The molecule has 0 atom stereocenters. The summed E-state index contributed by atoms with van der Waals surface area (Å²) < 4.78 is 0. The average molecular weight is 375 g/mol. The average Bonchev–Trinajstić information content (AvgIpc) is 2.70. The summed E-state index contributed by atoms with van der Waals surface area (Å²) in [6.45, 7) is 2.77. The van der Waals surface area contributed by atoms with Crippen molar-refractivity contribution in [3.63, 3.8) is 0 Å². The van der Waals surface area contributed by atoms with E-state index in [1.807, 2.05) is 49.5 Å². The second-order valence-corrected chi connectivity index (χ2v) is 6.78. The molecule has 1 N–H and O–H groups in total. The number of pyridine rings is 1. The molecule has 2 aromatic carbocycles. The van der Waals surface area contributed by atoms with Gasteiger partial charge in [-0.25, -0.2) is 9.97 Å². The standard InChI is InChI=1S/C22H19ClN4/c1-15-19(6-4-7-20(15)23)16-8-9-21-17(13-16)14-26-22(27-21)25-12-10-18-5-2-3-11-24-18/h2-9,11,13-14H,10,12H2,1H3,(H,25,26,27). The van der Waals surface area contributed by atoms with Gasteiger partial charge in [0, 0.05) is 41.5 Å².